The third-order valence-electron chi connectivity index (χ3n) is 9.74. The van der Waals surface area contributed by atoms with Gasteiger partial charge in [0.15, 0.2) is 0 Å². The van der Waals surface area contributed by atoms with Crippen LogP contribution in [0.4, 0.5) is 0 Å². The average Bonchev–Trinajstić information content (AvgIpc) is 3.30. The normalized spacial score (nSPS) is 37.2. The minimum Gasteiger partial charge on any atom is -0.496 e. The molecule has 0 saturated heterocycles. The van der Waals surface area contributed by atoms with Crippen molar-refractivity contribution in [3.63, 3.8) is 0 Å². The maximum Gasteiger partial charge on any atom is 0.254 e. The lowest BCUT2D eigenvalue weighted by Crippen LogP contribution is -2.66. The lowest BCUT2D eigenvalue weighted by atomic mass is 9.43. The molecule has 1 spiro atoms. The van der Waals surface area contributed by atoms with Crippen molar-refractivity contribution in [2.24, 2.45) is 22.7 Å². The van der Waals surface area contributed by atoms with Crippen LogP contribution in [0, 0.1) is 22.7 Å². The molecule has 0 bridgehead atoms. The van der Waals surface area contributed by atoms with E-state index in [1.165, 1.54) is 0 Å². The number of ether oxygens (including phenoxy) is 2. The van der Waals surface area contributed by atoms with Gasteiger partial charge in [-0.15, -0.1) is 0 Å². The first-order chi connectivity index (χ1) is 15.1. The highest BCUT2D eigenvalue weighted by Gasteiger charge is 2.67. The Morgan fingerprint density at radius 3 is 2.66 bits per heavy atom. The monoisotopic (exact) mass is 443 g/mol. The lowest BCUT2D eigenvalue weighted by molar-refractivity contribution is -0.210. The van der Waals surface area contributed by atoms with Gasteiger partial charge in [-0.05, 0) is 49.0 Å². The standard InChI is InChI=1S/C26H37NO5/c1-15-6-7-20-24(2,3)21(29)8-9-25(20,4)26(15)13-17-19(31-5)12-16-18(22(17)32-26)14-27(10-11-28)23(16)30/h12,15,20-21,28-29H,6-11,13-14H2,1-5H3. The molecule has 2 heterocycles. The fraction of sp³-hybridized carbons (Fsp3) is 0.731. The molecule has 1 aromatic rings. The van der Waals surface area contributed by atoms with Crippen LogP contribution < -0.4 is 9.47 Å². The zero-order valence-electron chi connectivity index (χ0n) is 20.0. The highest BCUT2D eigenvalue weighted by atomic mass is 16.5. The van der Waals surface area contributed by atoms with Gasteiger partial charge in [0.25, 0.3) is 5.91 Å². The number of hydrogen-bond acceptors (Lipinski definition) is 5. The van der Waals surface area contributed by atoms with E-state index >= 15 is 0 Å². The molecule has 32 heavy (non-hydrogen) atoms. The van der Waals surface area contributed by atoms with E-state index in [9.17, 15) is 15.0 Å². The van der Waals surface area contributed by atoms with Crippen molar-refractivity contribution in [1.29, 1.82) is 0 Å². The van der Waals surface area contributed by atoms with Gasteiger partial charge in [-0.2, -0.15) is 0 Å². The van der Waals surface area contributed by atoms with Crippen molar-refractivity contribution >= 4 is 5.91 Å². The number of β-amino-alcohol motifs (C(OH)–C–C–N with tert-alkyl or cyclic N) is 1. The van der Waals surface area contributed by atoms with Crippen LogP contribution in [-0.4, -0.2) is 53.0 Å². The average molecular weight is 444 g/mol. The summed E-state index contributed by atoms with van der Waals surface area (Å²) in [6, 6.07) is 1.87. The molecule has 0 aromatic heterocycles. The minimum absolute atomic E-state index is 0.0575. The number of rotatable bonds is 3. The quantitative estimate of drug-likeness (QED) is 0.747. The number of amides is 1. The number of benzene rings is 1. The minimum atomic E-state index is -0.383. The van der Waals surface area contributed by atoms with Crippen LogP contribution in [0.3, 0.4) is 0 Å². The highest BCUT2D eigenvalue weighted by molar-refractivity contribution is 6.00. The Balaban J connectivity index is 1.63. The molecule has 2 fully saturated rings. The largest absolute Gasteiger partial charge is 0.496 e. The molecule has 0 radical (unpaired) electrons. The smallest absolute Gasteiger partial charge is 0.254 e. The maximum atomic E-state index is 13.0. The van der Waals surface area contributed by atoms with Crippen LogP contribution in [0.15, 0.2) is 6.07 Å². The summed E-state index contributed by atoms with van der Waals surface area (Å²) in [4.78, 5) is 14.7. The van der Waals surface area contributed by atoms with Gasteiger partial charge in [0.1, 0.15) is 17.1 Å². The zero-order valence-corrected chi connectivity index (χ0v) is 20.0. The van der Waals surface area contributed by atoms with E-state index < -0.39 is 0 Å². The van der Waals surface area contributed by atoms with Crippen LogP contribution >= 0.6 is 0 Å². The molecule has 1 amide bonds. The predicted octanol–water partition coefficient (Wildman–Crippen LogP) is 3.55. The van der Waals surface area contributed by atoms with E-state index in [1.54, 1.807) is 12.0 Å². The van der Waals surface area contributed by atoms with Crippen LogP contribution in [0.2, 0.25) is 0 Å². The van der Waals surface area contributed by atoms with Crippen molar-refractivity contribution in [2.75, 3.05) is 20.3 Å². The van der Waals surface area contributed by atoms with Crippen molar-refractivity contribution in [1.82, 2.24) is 4.90 Å². The summed E-state index contributed by atoms with van der Waals surface area (Å²) >= 11 is 0. The number of carbonyl (C=O) groups excluding carboxylic acids is 1. The van der Waals surface area contributed by atoms with Gasteiger partial charge < -0.3 is 24.6 Å². The Bertz CT molecular complexity index is 958. The van der Waals surface area contributed by atoms with Crippen molar-refractivity contribution in [3.8, 4) is 11.5 Å². The van der Waals surface area contributed by atoms with Gasteiger partial charge >= 0.3 is 0 Å². The van der Waals surface area contributed by atoms with E-state index in [2.05, 4.69) is 27.7 Å². The molecule has 176 valence electrons. The Morgan fingerprint density at radius 2 is 1.97 bits per heavy atom. The van der Waals surface area contributed by atoms with Crippen LogP contribution in [-0.2, 0) is 13.0 Å². The Morgan fingerprint density at radius 1 is 1.22 bits per heavy atom. The molecule has 2 aliphatic carbocycles. The Hall–Kier alpha value is -1.79. The second-order valence-corrected chi connectivity index (χ2v) is 11.4. The molecular weight excluding hydrogens is 406 g/mol. The summed E-state index contributed by atoms with van der Waals surface area (Å²) in [6.45, 7) is 9.85. The Labute approximate surface area is 190 Å². The van der Waals surface area contributed by atoms with E-state index in [4.69, 9.17) is 9.47 Å². The third-order valence-corrected chi connectivity index (χ3v) is 9.74. The van der Waals surface area contributed by atoms with E-state index in [0.29, 0.717) is 30.5 Å². The maximum absolute atomic E-state index is 13.0. The van der Waals surface area contributed by atoms with Crippen molar-refractivity contribution in [2.45, 2.75) is 78.0 Å². The molecule has 5 atom stereocenters. The topological polar surface area (TPSA) is 79.2 Å². The molecule has 1 aromatic carbocycles. The molecule has 6 nitrogen and oxygen atoms in total. The number of hydrogen-bond donors (Lipinski definition) is 2. The summed E-state index contributed by atoms with van der Waals surface area (Å²) < 4.78 is 12.9. The number of methoxy groups -OCH3 is 1. The fourth-order valence-corrected chi connectivity index (χ4v) is 7.80. The number of nitrogens with zero attached hydrogens (tertiary/aromatic N) is 1. The van der Waals surface area contributed by atoms with Crippen LogP contribution in [0.5, 0.6) is 11.5 Å². The van der Waals surface area contributed by atoms with Gasteiger partial charge in [-0.1, -0.05) is 27.7 Å². The summed E-state index contributed by atoms with van der Waals surface area (Å²) in [6.07, 6.45) is 4.35. The van der Waals surface area contributed by atoms with Crippen LogP contribution in [0.1, 0.15) is 74.9 Å². The van der Waals surface area contributed by atoms with Gasteiger partial charge in [0.05, 0.1) is 31.9 Å². The number of aliphatic hydroxyl groups excluding tert-OH is 2. The summed E-state index contributed by atoms with van der Waals surface area (Å²) in [5.74, 6) is 2.19. The summed E-state index contributed by atoms with van der Waals surface area (Å²) in [5, 5.41) is 20.3. The second kappa shape index (κ2) is 7.10. The van der Waals surface area contributed by atoms with E-state index in [0.717, 1.165) is 54.7 Å². The van der Waals surface area contributed by atoms with Gasteiger partial charge in [-0.3, -0.25) is 4.79 Å². The van der Waals surface area contributed by atoms with Crippen LogP contribution in [0.25, 0.3) is 0 Å². The number of aliphatic hydroxyl groups is 2. The first-order valence-corrected chi connectivity index (χ1v) is 12.1. The van der Waals surface area contributed by atoms with Crippen molar-refractivity contribution in [3.05, 3.63) is 22.8 Å². The molecule has 5 unspecified atom stereocenters. The molecule has 4 aliphatic rings. The molecule has 5 rings (SSSR count). The zero-order chi connectivity index (χ0) is 23.1. The first-order valence-electron chi connectivity index (χ1n) is 12.1. The summed E-state index contributed by atoms with van der Waals surface area (Å²) in [5.41, 5.74) is 2.00. The number of carbonyl (C=O) groups is 1. The molecular formula is C26H37NO5. The molecule has 2 aliphatic heterocycles. The SMILES string of the molecule is COc1cc2c(c3c1CC1(O3)C(C)CCC3C(C)(C)C(O)CCC31C)CN(CCO)C2=O. The second-order valence-electron chi connectivity index (χ2n) is 11.4. The Kier molecular flexibility index (Phi) is 4.89. The third kappa shape index (κ3) is 2.62. The highest BCUT2D eigenvalue weighted by Crippen LogP contribution is 2.67. The van der Waals surface area contributed by atoms with Crippen molar-refractivity contribution < 1.29 is 24.5 Å². The van der Waals surface area contributed by atoms with Gasteiger partial charge in [0.2, 0.25) is 0 Å². The molecule has 6 heteroatoms. The molecule has 2 saturated carbocycles. The van der Waals surface area contributed by atoms with E-state index in [-0.39, 0.29) is 35.0 Å². The van der Waals surface area contributed by atoms with Gasteiger partial charge in [0, 0.05) is 29.5 Å². The lowest BCUT2D eigenvalue weighted by Gasteiger charge is -2.64. The first kappa shape index (κ1) is 22.0. The fourth-order valence-electron chi connectivity index (χ4n) is 7.80. The summed E-state index contributed by atoms with van der Waals surface area (Å²) in [7, 11) is 1.66. The molecule has 2 N–H and O–H groups in total. The van der Waals surface area contributed by atoms with E-state index in [1.807, 2.05) is 6.07 Å². The van der Waals surface area contributed by atoms with Gasteiger partial charge in [-0.25, -0.2) is 0 Å². The predicted molar refractivity (Wildman–Crippen MR) is 121 cm³/mol. The number of fused-ring (bicyclic) bond motifs is 5.